The lowest BCUT2D eigenvalue weighted by Crippen LogP contribution is -2.24. The molecule has 0 unspecified atom stereocenters. The summed E-state index contributed by atoms with van der Waals surface area (Å²) in [4.78, 5) is 12.7. The van der Waals surface area contributed by atoms with Gasteiger partial charge < -0.3 is 10.1 Å². The molecule has 0 radical (unpaired) electrons. The number of nitrogens with one attached hydrogen (secondary N) is 2. The van der Waals surface area contributed by atoms with E-state index in [2.05, 4.69) is 16.3 Å². The van der Waals surface area contributed by atoms with Gasteiger partial charge in [0.15, 0.2) is 0 Å². The number of hydrogen-bond donors (Lipinski definition) is 3. The van der Waals surface area contributed by atoms with Crippen molar-refractivity contribution in [3.05, 3.63) is 29.6 Å². The summed E-state index contributed by atoms with van der Waals surface area (Å²) in [7, 11) is -3.76. The predicted molar refractivity (Wildman–Crippen MR) is 57.9 cm³/mol. The van der Waals surface area contributed by atoms with Gasteiger partial charge in [-0.05, 0) is 6.07 Å². The number of sulfonamides is 1. The summed E-state index contributed by atoms with van der Waals surface area (Å²) in [5, 5.41) is 8.74. The third-order valence-electron chi connectivity index (χ3n) is 1.65. The molecule has 88 valence electrons. The average Bonchev–Trinajstić information content (AvgIpc) is 2.64. The Kier molecular flexibility index (Phi) is 3.74. The molecule has 0 amide bonds. The number of aromatic nitrogens is 1. The first-order valence-electron chi connectivity index (χ1n) is 4.07. The molecule has 8 heteroatoms. The maximum Gasteiger partial charge on any atom is 0.352 e. The van der Waals surface area contributed by atoms with Gasteiger partial charge in [0.2, 0.25) is 10.0 Å². The minimum atomic E-state index is -3.76. The summed E-state index contributed by atoms with van der Waals surface area (Å²) in [5.74, 6) is -1.23. The topological polar surface area (TPSA) is 99.3 Å². The Morgan fingerprint density at radius 3 is 2.69 bits per heavy atom. The van der Waals surface area contributed by atoms with E-state index < -0.39 is 16.0 Å². The standard InChI is InChI=1S/C8H9ClN2O4S/c1-5(9)3-11-16(14,15)6-2-7(8(12)13)10-4-6/h2,4,10-11H,1,3H2,(H,12,13). The Morgan fingerprint density at radius 2 is 2.25 bits per heavy atom. The van der Waals surface area contributed by atoms with Crippen molar-refractivity contribution in [2.24, 2.45) is 0 Å². The highest BCUT2D eigenvalue weighted by molar-refractivity contribution is 7.89. The fourth-order valence-electron chi connectivity index (χ4n) is 0.910. The smallest absolute Gasteiger partial charge is 0.352 e. The second kappa shape index (κ2) is 4.69. The van der Waals surface area contributed by atoms with Crippen LogP contribution in [0, 0.1) is 0 Å². The zero-order valence-electron chi connectivity index (χ0n) is 8.03. The number of rotatable bonds is 5. The maximum atomic E-state index is 11.5. The Morgan fingerprint density at radius 1 is 1.62 bits per heavy atom. The monoisotopic (exact) mass is 264 g/mol. The second-order valence-corrected chi connectivity index (χ2v) is 5.20. The van der Waals surface area contributed by atoms with E-state index >= 15 is 0 Å². The highest BCUT2D eigenvalue weighted by atomic mass is 35.5. The Balaban J connectivity index is 2.90. The van der Waals surface area contributed by atoms with E-state index in [0.717, 1.165) is 12.3 Å². The Labute approximate surface area is 97.0 Å². The summed E-state index contributed by atoms with van der Waals surface area (Å²) in [5.41, 5.74) is -0.204. The van der Waals surface area contributed by atoms with Crippen molar-refractivity contribution in [2.45, 2.75) is 4.90 Å². The first kappa shape index (κ1) is 12.8. The molecule has 0 fully saturated rings. The van der Waals surface area contributed by atoms with E-state index in [1.165, 1.54) is 0 Å². The van der Waals surface area contributed by atoms with Crippen LogP contribution in [0.3, 0.4) is 0 Å². The van der Waals surface area contributed by atoms with Crippen LogP contribution < -0.4 is 4.72 Å². The van der Waals surface area contributed by atoms with E-state index in [4.69, 9.17) is 16.7 Å². The highest BCUT2D eigenvalue weighted by Gasteiger charge is 2.17. The van der Waals surface area contributed by atoms with Gasteiger partial charge in [0, 0.05) is 17.8 Å². The van der Waals surface area contributed by atoms with E-state index in [9.17, 15) is 13.2 Å². The van der Waals surface area contributed by atoms with Crippen LogP contribution in [-0.4, -0.2) is 31.0 Å². The quantitative estimate of drug-likeness (QED) is 0.730. The molecule has 0 aliphatic heterocycles. The molecule has 1 aromatic heterocycles. The van der Waals surface area contributed by atoms with Crippen molar-refractivity contribution in [1.82, 2.24) is 9.71 Å². The molecule has 0 saturated carbocycles. The van der Waals surface area contributed by atoms with Crippen LogP contribution in [0.1, 0.15) is 10.5 Å². The third kappa shape index (κ3) is 3.09. The molecule has 0 atom stereocenters. The SMILES string of the molecule is C=C(Cl)CNS(=O)(=O)c1c[nH]c(C(=O)O)c1. The molecule has 0 aliphatic carbocycles. The minimum absolute atomic E-state index is 0.114. The molecule has 0 aromatic carbocycles. The van der Waals surface area contributed by atoms with Crippen molar-refractivity contribution in [3.8, 4) is 0 Å². The van der Waals surface area contributed by atoms with Crippen LogP contribution in [0.25, 0.3) is 0 Å². The number of aromatic carboxylic acids is 1. The van der Waals surface area contributed by atoms with Crippen LogP contribution in [0.2, 0.25) is 0 Å². The van der Waals surface area contributed by atoms with E-state index in [-0.39, 0.29) is 22.2 Å². The van der Waals surface area contributed by atoms with Gasteiger partial charge in [-0.25, -0.2) is 17.9 Å². The van der Waals surface area contributed by atoms with E-state index in [1.807, 2.05) is 0 Å². The molecule has 6 nitrogen and oxygen atoms in total. The van der Waals surface area contributed by atoms with Crippen LogP contribution in [-0.2, 0) is 10.0 Å². The molecule has 0 spiro atoms. The van der Waals surface area contributed by atoms with Crippen molar-refractivity contribution in [3.63, 3.8) is 0 Å². The van der Waals surface area contributed by atoms with Crippen LogP contribution in [0.15, 0.2) is 28.8 Å². The molecule has 16 heavy (non-hydrogen) atoms. The number of carboxylic acids is 1. The summed E-state index contributed by atoms with van der Waals surface area (Å²) in [6.45, 7) is 3.21. The van der Waals surface area contributed by atoms with Crippen molar-refractivity contribution in [2.75, 3.05) is 6.54 Å². The van der Waals surface area contributed by atoms with Crippen LogP contribution in [0.5, 0.6) is 0 Å². The zero-order valence-corrected chi connectivity index (χ0v) is 9.60. The Bertz CT molecular complexity index is 520. The van der Waals surface area contributed by atoms with Crippen LogP contribution >= 0.6 is 11.6 Å². The summed E-state index contributed by atoms with van der Waals surface area (Å²) >= 11 is 5.40. The lowest BCUT2D eigenvalue weighted by Gasteiger charge is -2.02. The number of carboxylic acid groups (broad SMARTS) is 1. The molecular formula is C8H9ClN2O4S. The minimum Gasteiger partial charge on any atom is -0.477 e. The van der Waals surface area contributed by atoms with Gasteiger partial charge in [-0.1, -0.05) is 18.2 Å². The van der Waals surface area contributed by atoms with Gasteiger partial charge >= 0.3 is 5.97 Å². The van der Waals surface area contributed by atoms with E-state index in [0.29, 0.717) is 0 Å². The normalized spacial score (nSPS) is 11.3. The van der Waals surface area contributed by atoms with Gasteiger partial charge in [0.1, 0.15) is 10.6 Å². The molecule has 0 saturated heterocycles. The second-order valence-electron chi connectivity index (χ2n) is 2.90. The number of aromatic amines is 1. The summed E-state index contributed by atoms with van der Waals surface area (Å²) in [6, 6.07) is 1.02. The fourth-order valence-corrected chi connectivity index (χ4v) is 2.07. The molecule has 1 aromatic rings. The van der Waals surface area contributed by atoms with Crippen molar-refractivity contribution in [1.29, 1.82) is 0 Å². The molecule has 1 heterocycles. The molecule has 3 N–H and O–H groups in total. The van der Waals surface area contributed by atoms with Crippen molar-refractivity contribution < 1.29 is 18.3 Å². The highest BCUT2D eigenvalue weighted by Crippen LogP contribution is 2.11. The largest absolute Gasteiger partial charge is 0.477 e. The summed E-state index contributed by atoms with van der Waals surface area (Å²) in [6.07, 6.45) is 1.09. The predicted octanol–water partition coefficient (Wildman–Crippen LogP) is 0.744. The zero-order chi connectivity index (χ0) is 12.3. The first-order chi connectivity index (χ1) is 7.33. The number of H-pyrrole nitrogens is 1. The Hall–Kier alpha value is -1.31. The van der Waals surface area contributed by atoms with E-state index in [1.54, 1.807) is 0 Å². The third-order valence-corrected chi connectivity index (χ3v) is 3.17. The van der Waals surface area contributed by atoms with Gasteiger partial charge in [0.05, 0.1) is 0 Å². The van der Waals surface area contributed by atoms with Gasteiger partial charge in [-0.15, -0.1) is 0 Å². The van der Waals surface area contributed by atoms with Crippen LogP contribution in [0.4, 0.5) is 0 Å². The van der Waals surface area contributed by atoms with Crippen molar-refractivity contribution >= 4 is 27.6 Å². The molecule has 0 aliphatic rings. The molecule has 0 bridgehead atoms. The summed E-state index contributed by atoms with van der Waals surface area (Å²) < 4.78 is 25.3. The molecular weight excluding hydrogens is 256 g/mol. The fraction of sp³-hybridized carbons (Fsp3) is 0.125. The first-order valence-corrected chi connectivity index (χ1v) is 5.93. The average molecular weight is 265 g/mol. The van der Waals surface area contributed by atoms with Gasteiger partial charge in [-0.2, -0.15) is 0 Å². The lowest BCUT2D eigenvalue weighted by molar-refractivity contribution is 0.0691. The number of hydrogen-bond acceptors (Lipinski definition) is 3. The maximum absolute atomic E-state index is 11.5. The lowest BCUT2D eigenvalue weighted by atomic mass is 10.4. The number of halogens is 1. The number of carbonyl (C=O) groups is 1. The van der Waals surface area contributed by atoms with Gasteiger partial charge in [0.25, 0.3) is 0 Å². The van der Waals surface area contributed by atoms with Gasteiger partial charge in [-0.3, -0.25) is 0 Å². The molecule has 1 rings (SSSR count).